The molecule has 4 heteroatoms. The van der Waals surface area contributed by atoms with Crippen LogP contribution in [0.25, 0.3) is 11.1 Å². The third-order valence-electron chi connectivity index (χ3n) is 5.35. The van der Waals surface area contributed by atoms with Crippen LogP contribution in [-0.4, -0.2) is 18.0 Å². The van der Waals surface area contributed by atoms with Crippen molar-refractivity contribution >= 4 is 11.6 Å². The number of pyridine rings is 1. The molecular weight excluding hydrogens is 384 g/mol. The van der Waals surface area contributed by atoms with Gasteiger partial charge in [-0.1, -0.05) is 36.4 Å². The zero-order valence-corrected chi connectivity index (χ0v) is 17.6. The Kier molecular flexibility index (Phi) is 6.08. The average Bonchev–Trinajstić information content (AvgIpc) is 2.81. The van der Waals surface area contributed by atoms with Gasteiger partial charge >= 0.3 is 0 Å². The van der Waals surface area contributed by atoms with Crippen LogP contribution < -0.4 is 10.1 Å². The molecule has 1 heterocycles. The molecule has 4 aromatic rings. The molecule has 31 heavy (non-hydrogen) atoms. The summed E-state index contributed by atoms with van der Waals surface area (Å²) < 4.78 is 5.24. The molecule has 3 aromatic carbocycles. The van der Waals surface area contributed by atoms with E-state index in [1.54, 1.807) is 19.5 Å². The summed E-state index contributed by atoms with van der Waals surface area (Å²) >= 11 is 0. The van der Waals surface area contributed by atoms with Gasteiger partial charge in [-0.2, -0.15) is 0 Å². The minimum atomic E-state index is -0.116. The molecule has 4 rings (SSSR count). The molecule has 0 saturated carbocycles. The van der Waals surface area contributed by atoms with Gasteiger partial charge in [0.1, 0.15) is 5.75 Å². The molecule has 1 N–H and O–H groups in total. The van der Waals surface area contributed by atoms with Gasteiger partial charge < -0.3 is 10.1 Å². The summed E-state index contributed by atoms with van der Waals surface area (Å²) in [5, 5.41) is 3.02. The average molecular weight is 409 g/mol. The van der Waals surface area contributed by atoms with E-state index in [0.717, 1.165) is 34.5 Å². The number of nitrogens with one attached hydrogen (secondary N) is 1. The molecule has 0 atom stereocenters. The Hall–Kier alpha value is -3.92. The van der Waals surface area contributed by atoms with E-state index < -0.39 is 0 Å². The van der Waals surface area contributed by atoms with E-state index in [1.165, 1.54) is 11.1 Å². The van der Waals surface area contributed by atoms with E-state index in [4.69, 9.17) is 4.74 Å². The number of rotatable bonds is 6. The monoisotopic (exact) mass is 408 g/mol. The molecule has 0 aliphatic heterocycles. The van der Waals surface area contributed by atoms with Crippen LogP contribution in [0, 0.1) is 6.92 Å². The molecule has 0 radical (unpaired) electrons. The van der Waals surface area contributed by atoms with E-state index >= 15 is 0 Å². The van der Waals surface area contributed by atoms with Crippen LogP contribution in [0.3, 0.4) is 0 Å². The summed E-state index contributed by atoms with van der Waals surface area (Å²) in [7, 11) is 1.65. The summed E-state index contributed by atoms with van der Waals surface area (Å²) in [5.41, 5.74) is 6.85. The topological polar surface area (TPSA) is 51.2 Å². The third-order valence-corrected chi connectivity index (χ3v) is 5.35. The van der Waals surface area contributed by atoms with Crippen molar-refractivity contribution in [1.82, 2.24) is 4.98 Å². The van der Waals surface area contributed by atoms with Gasteiger partial charge in [0, 0.05) is 23.6 Å². The Bertz CT molecular complexity index is 1170. The minimum Gasteiger partial charge on any atom is -0.497 e. The molecule has 0 fully saturated rings. The number of hydrogen-bond acceptors (Lipinski definition) is 3. The van der Waals surface area contributed by atoms with E-state index in [0.29, 0.717) is 5.56 Å². The number of ether oxygens (including phenoxy) is 1. The molecule has 154 valence electrons. The van der Waals surface area contributed by atoms with E-state index in [9.17, 15) is 4.79 Å². The quantitative estimate of drug-likeness (QED) is 0.432. The Balaban J connectivity index is 1.49. The van der Waals surface area contributed by atoms with Crippen molar-refractivity contribution in [1.29, 1.82) is 0 Å². The fourth-order valence-corrected chi connectivity index (χ4v) is 3.61. The van der Waals surface area contributed by atoms with Gasteiger partial charge in [0.2, 0.25) is 0 Å². The van der Waals surface area contributed by atoms with Crippen LogP contribution in [0.15, 0.2) is 91.3 Å². The van der Waals surface area contributed by atoms with Gasteiger partial charge in [-0.15, -0.1) is 0 Å². The van der Waals surface area contributed by atoms with Crippen molar-refractivity contribution in [2.24, 2.45) is 0 Å². The third kappa shape index (κ3) is 4.81. The second-order valence-electron chi connectivity index (χ2n) is 7.39. The highest BCUT2D eigenvalue weighted by molar-refractivity contribution is 6.06. The van der Waals surface area contributed by atoms with Crippen LogP contribution >= 0.6 is 0 Å². The van der Waals surface area contributed by atoms with E-state index in [1.807, 2.05) is 85.8 Å². The van der Waals surface area contributed by atoms with Crippen molar-refractivity contribution < 1.29 is 9.53 Å². The van der Waals surface area contributed by atoms with Crippen molar-refractivity contribution in [3.05, 3.63) is 114 Å². The highest BCUT2D eigenvalue weighted by Gasteiger charge is 2.13. The lowest BCUT2D eigenvalue weighted by Crippen LogP contribution is -2.13. The fraction of sp³-hybridized carbons (Fsp3) is 0.111. The zero-order valence-electron chi connectivity index (χ0n) is 17.6. The molecule has 1 amide bonds. The molecule has 1 aromatic heterocycles. The minimum absolute atomic E-state index is 0.116. The highest BCUT2D eigenvalue weighted by atomic mass is 16.5. The Morgan fingerprint density at radius 1 is 0.871 bits per heavy atom. The molecule has 0 aliphatic rings. The maximum atomic E-state index is 13.0. The number of aromatic nitrogens is 1. The summed E-state index contributed by atoms with van der Waals surface area (Å²) in [5.74, 6) is 0.692. The van der Waals surface area contributed by atoms with Crippen LogP contribution in [0.1, 0.15) is 27.0 Å². The van der Waals surface area contributed by atoms with Crippen LogP contribution in [0.5, 0.6) is 5.75 Å². The van der Waals surface area contributed by atoms with Crippen LogP contribution in [0.4, 0.5) is 5.69 Å². The normalized spacial score (nSPS) is 10.5. The summed E-state index contributed by atoms with van der Waals surface area (Å²) in [4.78, 5) is 17.0. The predicted octanol–water partition coefficient (Wildman–Crippen LogP) is 5.91. The molecule has 0 unspecified atom stereocenters. The van der Waals surface area contributed by atoms with Gasteiger partial charge in [-0.05, 0) is 83.6 Å². The van der Waals surface area contributed by atoms with Crippen molar-refractivity contribution in [3.8, 4) is 16.9 Å². The second-order valence-corrected chi connectivity index (χ2v) is 7.39. The Morgan fingerprint density at radius 3 is 2.23 bits per heavy atom. The standard InChI is InChI=1S/C27H24N2O2/c1-19-25(22-8-12-24(31-2)13-9-22)4-3-5-26(19)27(30)29-23-10-6-20(7-11-23)18-21-14-16-28-17-15-21/h3-17H,18H2,1-2H3,(H,29,30). The Labute approximate surface area is 182 Å². The maximum absolute atomic E-state index is 13.0. The number of carbonyl (C=O) groups is 1. The summed E-state index contributed by atoms with van der Waals surface area (Å²) in [6.45, 7) is 1.98. The number of hydrogen-bond donors (Lipinski definition) is 1. The number of carbonyl (C=O) groups excluding carboxylic acids is 1. The van der Waals surface area contributed by atoms with E-state index in [-0.39, 0.29) is 5.91 Å². The second kappa shape index (κ2) is 9.26. The largest absolute Gasteiger partial charge is 0.497 e. The lowest BCUT2D eigenvalue weighted by Gasteiger charge is -2.13. The first-order valence-electron chi connectivity index (χ1n) is 10.2. The van der Waals surface area contributed by atoms with Gasteiger partial charge in [0.05, 0.1) is 7.11 Å². The maximum Gasteiger partial charge on any atom is 0.255 e. The van der Waals surface area contributed by atoms with Crippen molar-refractivity contribution in [2.75, 3.05) is 12.4 Å². The molecule has 0 aliphatic carbocycles. The highest BCUT2D eigenvalue weighted by Crippen LogP contribution is 2.28. The van der Waals surface area contributed by atoms with Crippen molar-refractivity contribution in [2.45, 2.75) is 13.3 Å². The number of anilines is 1. The smallest absolute Gasteiger partial charge is 0.255 e. The van der Waals surface area contributed by atoms with Gasteiger partial charge in [-0.3, -0.25) is 9.78 Å². The number of amides is 1. The molecule has 4 nitrogen and oxygen atoms in total. The SMILES string of the molecule is COc1ccc(-c2cccc(C(=O)Nc3ccc(Cc4ccncc4)cc3)c2C)cc1. The zero-order chi connectivity index (χ0) is 21.6. The molecule has 0 spiro atoms. The van der Waals surface area contributed by atoms with Crippen molar-refractivity contribution in [3.63, 3.8) is 0 Å². The van der Waals surface area contributed by atoms with Crippen LogP contribution in [0.2, 0.25) is 0 Å². The lowest BCUT2D eigenvalue weighted by atomic mass is 9.96. The summed E-state index contributed by atoms with van der Waals surface area (Å²) in [6.07, 6.45) is 4.43. The van der Waals surface area contributed by atoms with Gasteiger partial charge in [-0.25, -0.2) is 0 Å². The Morgan fingerprint density at radius 2 is 1.55 bits per heavy atom. The molecule has 0 bridgehead atoms. The summed E-state index contributed by atoms with van der Waals surface area (Å²) in [6, 6.07) is 25.6. The predicted molar refractivity (Wildman–Crippen MR) is 125 cm³/mol. The first kappa shape index (κ1) is 20.4. The first-order valence-corrected chi connectivity index (χ1v) is 10.2. The van der Waals surface area contributed by atoms with Gasteiger partial charge in [0.25, 0.3) is 5.91 Å². The number of methoxy groups -OCH3 is 1. The molecular formula is C27H24N2O2. The van der Waals surface area contributed by atoms with E-state index in [2.05, 4.69) is 10.3 Å². The number of benzene rings is 3. The lowest BCUT2D eigenvalue weighted by molar-refractivity contribution is 0.102. The van der Waals surface area contributed by atoms with Gasteiger partial charge in [0.15, 0.2) is 0 Å². The first-order chi connectivity index (χ1) is 15.1. The number of nitrogens with zero attached hydrogens (tertiary/aromatic N) is 1. The van der Waals surface area contributed by atoms with Crippen LogP contribution in [-0.2, 0) is 6.42 Å². The molecule has 0 saturated heterocycles. The fourth-order valence-electron chi connectivity index (χ4n) is 3.61.